The number of rotatable bonds is 5. The number of thiocarbonyl (C=S) groups is 1. The molecule has 86 valence electrons. The van der Waals surface area contributed by atoms with E-state index < -0.39 is 0 Å². The molecule has 0 radical (unpaired) electrons. The van der Waals surface area contributed by atoms with Gasteiger partial charge < -0.3 is 16.0 Å². The minimum atomic E-state index is 0.00347. The fraction of sp³-hybridized carbons (Fsp3) is 0.800. The first-order chi connectivity index (χ1) is 7.00. The smallest absolute Gasteiger partial charge is 0.317 e. The average molecular weight is 229 g/mol. The number of nitrogens with zero attached hydrogens (tertiary/aromatic N) is 1. The van der Waals surface area contributed by atoms with Crippen LogP contribution in [0.25, 0.3) is 0 Å². The van der Waals surface area contributed by atoms with Crippen LogP contribution in [0.1, 0.15) is 33.1 Å². The zero-order chi connectivity index (χ0) is 11.4. The standard InChI is InChI=1S/C10H19N3OS/c1-7(2)13(6-5-9(11)15)10(14)12-8-3-4-8/h7-8H,3-6H2,1-2H3,(H2,11,15)(H,12,14). The van der Waals surface area contributed by atoms with Crippen molar-refractivity contribution in [3.05, 3.63) is 0 Å². The van der Waals surface area contributed by atoms with E-state index in [0.717, 1.165) is 12.8 Å². The number of nitrogens with one attached hydrogen (secondary N) is 1. The van der Waals surface area contributed by atoms with Crippen molar-refractivity contribution in [2.45, 2.75) is 45.2 Å². The van der Waals surface area contributed by atoms with Gasteiger partial charge in [0.05, 0.1) is 4.99 Å². The number of carbonyl (C=O) groups is 1. The third-order valence-electron chi connectivity index (χ3n) is 2.39. The van der Waals surface area contributed by atoms with Crippen LogP contribution in [0.4, 0.5) is 4.79 Å². The molecular weight excluding hydrogens is 210 g/mol. The molecule has 2 amide bonds. The third kappa shape index (κ3) is 4.46. The predicted octanol–water partition coefficient (Wildman–Crippen LogP) is 1.24. The van der Waals surface area contributed by atoms with E-state index in [9.17, 15) is 4.79 Å². The molecule has 0 atom stereocenters. The molecule has 0 aliphatic heterocycles. The first-order valence-corrected chi connectivity index (χ1v) is 5.77. The quantitative estimate of drug-likeness (QED) is 0.697. The monoisotopic (exact) mass is 229 g/mol. The second-order valence-electron chi connectivity index (χ2n) is 4.23. The lowest BCUT2D eigenvalue weighted by atomic mass is 10.3. The van der Waals surface area contributed by atoms with Crippen LogP contribution in [0.15, 0.2) is 0 Å². The van der Waals surface area contributed by atoms with Crippen LogP contribution >= 0.6 is 12.2 Å². The largest absolute Gasteiger partial charge is 0.393 e. The molecule has 0 bridgehead atoms. The number of urea groups is 1. The maximum atomic E-state index is 11.8. The number of amides is 2. The maximum Gasteiger partial charge on any atom is 0.317 e. The average Bonchev–Trinajstić information content (AvgIpc) is 2.87. The summed E-state index contributed by atoms with van der Waals surface area (Å²) in [5, 5.41) is 2.96. The predicted molar refractivity (Wildman–Crippen MR) is 64.8 cm³/mol. The Bertz CT molecular complexity index is 251. The summed E-state index contributed by atoms with van der Waals surface area (Å²) in [5.74, 6) is 0. The number of nitrogens with two attached hydrogens (primary N) is 1. The summed E-state index contributed by atoms with van der Waals surface area (Å²) < 4.78 is 0. The van der Waals surface area contributed by atoms with E-state index in [1.54, 1.807) is 4.90 Å². The summed E-state index contributed by atoms with van der Waals surface area (Å²) >= 11 is 4.81. The Labute approximate surface area is 96.2 Å². The molecule has 1 rings (SSSR count). The Hall–Kier alpha value is -0.840. The minimum absolute atomic E-state index is 0.00347. The van der Waals surface area contributed by atoms with Crippen LogP contribution < -0.4 is 11.1 Å². The van der Waals surface area contributed by atoms with Crippen molar-refractivity contribution >= 4 is 23.2 Å². The van der Waals surface area contributed by atoms with Gasteiger partial charge >= 0.3 is 6.03 Å². The lowest BCUT2D eigenvalue weighted by Crippen LogP contribution is -2.45. The first kappa shape index (κ1) is 12.2. The molecule has 4 nitrogen and oxygen atoms in total. The topological polar surface area (TPSA) is 58.4 Å². The number of hydrogen-bond donors (Lipinski definition) is 2. The Morgan fingerprint density at radius 1 is 1.60 bits per heavy atom. The van der Waals surface area contributed by atoms with Crippen LogP contribution in [-0.4, -0.2) is 34.5 Å². The molecule has 0 heterocycles. The lowest BCUT2D eigenvalue weighted by Gasteiger charge is -2.26. The molecule has 15 heavy (non-hydrogen) atoms. The zero-order valence-electron chi connectivity index (χ0n) is 9.32. The van der Waals surface area contributed by atoms with Crippen molar-refractivity contribution in [3.63, 3.8) is 0 Å². The van der Waals surface area contributed by atoms with Crippen LogP contribution in [0.2, 0.25) is 0 Å². The highest BCUT2D eigenvalue weighted by atomic mass is 32.1. The molecule has 1 aliphatic carbocycles. The van der Waals surface area contributed by atoms with E-state index in [1.807, 2.05) is 13.8 Å². The summed E-state index contributed by atoms with van der Waals surface area (Å²) in [7, 11) is 0. The molecule has 0 spiro atoms. The summed E-state index contributed by atoms with van der Waals surface area (Å²) in [4.78, 5) is 14.0. The van der Waals surface area contributed by atoms with Gasteiger partial charge in [0.1, 0.15) is 0 Å². The Morgan fingerprint density at radius 3 is 2.60 bits per heavy atom. The molecule has 0 aromatic rings. The van der Waals surface area contributed by atoms with Gasteiger partial charge in [-0.2, -0.15) is 0 Å². The van der Waals surface area contributed by atoms with Crippen molar-refractivity contribution in [1.82, 2.24) is 10.2 Å². The van der Waals surface area contributed by atoms with Crippen molar-refractivity contribution in [1.29, 1.82) is 0 Å². The van der Waals surface area contributed by atoms with E-state index in [4.69, 9.17) is 18.0 Å². The van der Waals surface area contributed by atoms with Crippen LogP contribution in [-0.2, 0) is 0 Å². The van der Waals surface area contributed by atoms with Gasteiger partial charge in [-0.3, -0.25) is 0 Å². The highest BCUT2D eigenvalue weighted by Crippen LogP contribution is 2.19. The third-order valence-corrected chi connectivity index (χ3v) is 2.59. The molecule has 1 fully saturated rings. The van der Waals surface area contributed by atoms with E-state index in [0.29, 0.717) is 24.0 Å². The molecule has 3 N–H and O–H groups in total. The maximum absolute atomic E-state index is 11.8. The normalized spacial score (nSPS) is 15.1. The van der Waals surface area contributed by atoms with Crippen LogP contribution in [0.5, 0.6) is 0 Å². The fourth-order valence-corrected chi connectivity index (χ4v) is 1.40. The van der Waals surface area contributed by atoms with Gasteiger partial charge in [0, 0.05) is 25.0 Å². The zero-order valence-corrected chi connectivity index (χ0v) is 10.1. The van der Waals surface area contributed by atoms with Gasteiger partial charge in [0.15, 0.2) is 0 Å². The SMILES string of the molecule is CC(C)N(CCC(N)=S)C(=O)NC1CC1. The fourth-order valence-electron chi connectivity index (χ4n) is 1.31. The highest BCUT2D eigenvalue weighted by Gasteiger charge is 2.26. The van der Waals surface area contributed by atoms with E-state index >= 15 is 0 Å². The molecule has 0 aromatic heterocycles. The molecule has 5 heteroatoms. The Kier molecular flexibility index (Phi) is 4.32. The van der Waals surface area contributed by atoms with Crippen molar-refractivity contribution in [3.8, 4) is 0 Å². The second-order valence-corrected chi connectivity index (χ2v) is 4.75. The summed E-state index contributed by atoms with van der Waals surface area (Å²) in [6.07, 6.45) is 2.80. The Balaban J connectivity index is 2.40. The van der Waals surface area contributed by atoms with Gasteiger partial charge in [-0.25, -0.2) is 4.79 Å². The summed E-state index contributed by atoms with van der Waals surface area (Å²) in [5.41, 5.74) is 5.43. The van der Waals surface area contributed by atoms with Gasteiger partial charge in [0.2, 0.25) is 0 Å². The van der Waals surface area contributed by atoms with Gasteiger partial charge in [-0.1, -0.05) is 12.2 Å². The molecular formula is C10H19N3OS. The van der Waals surface area contributed by atoms with Gasteiger partial charge in [0.25, 0.3) is 0 Å². The van der Waals surface area contributed by atoms with E-state index in [1.165, 1.54) is 0 Å². The second kappa shape index (κ2) is 5.30. The van der Waals surface area contributed by atoms with E-state index in [-0.39, 0.29) is 12.1 Å². The first-order valence-electron chi connectivity index (χ1n) is 5.36. The van der Waals surface area contributed by atoms with Crippen LogP contribution in [0.3, 0.4) is 0 Å². The number of carbonyl (C=O) groups excluding carboxylic acids is 1. The Morgan fingerprint density at radius 2 is 2.20 bits per heavy atom. The van der Waals surface area contributed by atoms with Crippen molar-refractivity contribution in [2.24, 2.45) is 5.73 Å². The highest BCUT2D eigenvalue weighted by molar-refractivity contribution is 7.80. The number of hydrogen-bond acceptors (Lipinski definition) is 2. The summed E-state index contributed by atoms with van der Waals surface area (Å²) in [6.45, 7) is 4.59. The minimum Gasteiger partial charge on any atom is -0.393 e. The lowest BCUT2D eigenvalue weighted by molar-refractivity contribution is 0.184. The molecule has 0 saturated heterocycles. The van der Waals surface area contributed by atoms with Gasteiger partial charge in [-0.15, -0.1) is 0 Å². The molecule has 0 unspecified atom stereocenters. The van der Waals surface area contributed by atoms with Crippen LogP contribution in [0, 0.1) is 0 Å². The van der Waals surface area contributed by atoms with E-state index in [2.05, 4.69) is 5.32 Å². The van der Waals surface area contributed by atoms with Gasteiger partial charge in [-0.05, 0) is 26.7 Å². The van der Waals surface area contributed by atoms with Crippen molar-refractivity contribution in [2.75, 3.05) is 6.54 Å². The molecule has 1 saturated carbocycles. The molecule has 1 aliphatic rings. The molecule has 0 aromatic carbocycles. The van der Waals surface area contributed by atoms with Crippen molar-refractivity contribution < 1.29 is 4.79 Å². The summed E-state index contributed by atoms with van der Waals surface area (Å²) in [6, 6.07) is 0.574.